The zero-order valence-corrected chi connectivity index (χ0v) is 12.6. The van der Waals surface area contributed by atoms with E-state index in [9.17, 15) is 0 Å². The number of rotatable bonds is 3. The molecule has 0 aliphatic carbocycles. The summed E-state index contributed by atoms with van der Waals surface area (Å²) < 4.78 is 7.99. The molecule has 0 bridgehead atoms. The zero-order chi connectivity index (χ0) is 15.5. The molecule has 0 saturated heterocycles. The maximum atomic E-state index is 8.79. The Morgan fingerprint density at radius 1 is 0.773 bits per heavy atom. The quantitative estimate of drug-likeness (QED) is 0.697. The first-order chi connectivity index (χ1) is 10.7. The van der Waals surface area contributed by atoms with Gasteiger partial charge in [0.15, 0.2) is 0 Å². The van der Waals surface area contributed by atoms with E-state index < -0.39 is 0 Å². The number of hydrogen-bond donors (Lipinski definition) is 0. The minimum Gasteiger partial charge on any atom is -0.457 e. The number of nitrogens with zero attached hydrogens (tertiary/aromatic N) is 2. The summed E-state index contributed by atoms with van der Waals surface area (Å²) in [5, 5.41) is 8.79. The minimum atomic E-state index is 0.626. The van der Waals surface area contributed by atoms with Crippen LogP contribution in [0.1, 0.15) is 17.0 Å². The zero-order valence-electron chi connectivity index (χ0n) is 12.6. The molecule has 0 atom stereocenters. The molecule has 1 heterocycles. The number of benzene rings is 2. The van der Waals surface area contributed by atoms with Crippen molar-refractivity contribution in [1.29, 1.82) is 5.26 Å². The van der Waals surface area contributed by atoms with Crippen LogP contribution in [-0.2, 0) is 0 Å². The van der Waals surface area contributed by atoms with Gasteiger partial charge in [-0.2, -0.15) is 5.26 Å². The molecule has 0 fully saturated rings. The van der Waals surface area contributed by atoms with Gasteiger partial charge in [-0.15, -0.1) is 0 Å². The molecular weight excluding hydrogens is 272 g/mol. The second-order valence-corrected chi connectivity index (χ2v) is 5.18. The van der Waals surface area contributed by atoms with Crippen molar-refractivity contribution >= 4 is 0 Å². The summed E-state index contributed by atoms with van der Waals surface area (Å²) in [4.78, 5) is 0. The Bertz CT molecular complexity index is 802. The Morgan fingerprint density at radius 2 is 1.27 bits per heavy atom. The van der Waals surface area contributed by atoms with Gasteiger partial charge in [0.25, 0.3) is 0 Å². The molecule has 0 saturated carbocycles. The van der Waals surface area contributed by atoms with Crippen LogP contribution in [0.25, 0.3) is 5.69 Å². The van der Waals surface area contributed by atoms with Crippen LogP contribution < -0.4 is 4.74 Å². The van der Waals surface area contributed by atoms with E-state index in [1.807, 2.05) is 24.3 Å². The molecule has 1 aromatic heterocycles. The van der Waals surface area contributed by atoms with Crippen molar-refractivity contribution in [1.82, 2.24) is 4.57 Å². The van der Waals surface area contributed by atoms with Crippen LogP contribution in [0.2, 0.25) is 0 Å². The smallest absolute Gasteiger partial charge is 0.127 e. The van der Waals surface area contributed by atoms with Crippen molar-refractivity contribution in [3.63, 3.8) is 0 Å². The van der Waals surface area contributed by atoms with Gasteiger partial charge in [-0.05, 0) is 74.5 Å². The number of aromatic nitrogens is 1. The number of nitriles is 1. The molecule has 0 aliphatic heterocycles. The number of hydrogen-bond acceptors (Lipinski definition) is 2. The first kappa shape index (κ1) is 14.0. The Labute approximate surface area is 130 Å². The van der Waals surface area contributed by atoms with E-state index in [0.717, 1.165) is 17.2 Å². The van der Waals surface area contributed by atoms with Crippen molar-refractivity contribution in [2.24, 2.45) is 0 Å². The molecule has 0 N–H and O–H groups in total. The summed E-state index contributed by atoms with van der Waals surface area (Å²) in [6.45, 7) is 4.18. The van der Waals surface area contributed by atoms with Gasteiger partial charge >= 0.3 is 0 Å². The lowest BCUT2D eigenvalue weighted by Crippen LogP contribution is -1.98. The average Bonchev–Trinajstić information content (AvgIpc) is 2.88. The lowest BCUT2D eigenvalue weighted by atomic mass is 10.2. The SMILES string of the molecule is Cc1ccc(C)n1-c1ccc(Oc2ccc(C#N)cc2)cc1. The van der Waals surface area contributed by atoms with Gasteiger partial charge in [0.1, 0.15) is 11.5 Å². The van der Waals surface area contributed by atoms with Gasteiger partial charge in [0, 0.05) is 17.1 Å². The molecule has 108 valence electrons. The van der Waals surface area contributed by atoms with Crippen molar-refractivity contribution in [2.45, 2.75) is 13.8 Å². The van der Waals surface area contributed by atoms with Crippen LogP contribution >= 0.6 is 0 Å². The molecule has 2 aromatic carbocycles. The van der Waals surface area contributed by atoms with E-state index >= 15 is 0 Å². The predicted molar refractivity (Wildman–Crippen MR) is 86.5 cm³/mol. The Hall–Kier alpha value is -2.99. The van der Waals surface area contributed by atoms with Gasteiger partial charge < -0.3 is 9.30 Å². The van der Waals surface area contributed by atoms with Crippen molar-refractivity contribution in [2.75, 3.05) is 0 Å². The summed E-state index contributed by atoms with van der Waals surface area (Å²) >= 11 is 0. The number of aryl methyl sites for hydroxylation is 2. The Kier molecular flexibility index (Phi) is 3.67. The highest BCUT2D eigenvalue weighted by Crippen LogP contribution is 2.24. The van der Waals surface area contributed by atoms with Gasteiger partial charge in [-0.1, -0.05) is 0 Å². The molecule has 3 heteroatoms. The third-order valence-electron chi connectivity index (χ3n) is 3.59. The largest absolute Gasteiger partial charge is 0.457 e. The summed E-state index contributed by atoms with van der Waals surface area (Å²) in [6.07, 6.45) is 0. The van der Waals surface area contributed by atoms with Crippen LogP contribution in [-0.4, -0.2) is 4.57 Å². The molecule has 0 radical (unpaired) electrons. The molecule has 0 unspecified atom stereocenters. The van der Waals surface area contributed by atoms with Gasteiger partial charge in [0.05, 0.1) is 11.6 Å². The fourth-order valence-electron chi connectivity index (χ4n) is 2.47. The summed E-state index contributed by atoms with van der Waals surface area (Å²) in [7, 11) is 0. The van der Waals surface area contributed by atoms with Crippen molar-refractivity contribution < 1.29 is 4.74 Å². The van der Waals surface area contributed by atoms with Crippen molar-refractivity contribution in [3.05, 3.63) is 77.6 Å². The normalized spacial score (nSPS) is 10.2. The first-order valence-electron chi connectivity index (χ1n) is 7.11. The van der Waals surface area contributed by atoms with Gasteiger partial charge in [-0.3, -0.25) is 0 Å². The second kappa shape index (κ2) is 5.79. The maximum absolute atomic E-state index is 8.79. The average molecular weight is 288 g/mol. The van der Waals surface area contributed by atoms with Crippen LogP contribution in [0.15, 0.2) is 60.7 Å². The monoisotopic (exact) mass is 288 g/mol. The molecular formula is C19H16N2O. The van der Waals surface area contributed by atoms with Gasteiger partial charge in [-0.25, -0.2) is 0 Å². The third-order valence-corrected chi connectivity index (χ3v) is 3.59. The highest BCUT2D eigenvalue weighted by molar-refractivity contribution is 5.43. The van der Waals surface area contributed by atoms with E-state index in [2.05, 4.69) is 36.6 Å². The molecule has 0 amide bonds. The molecule has 22 heavy (non-hydrogen) atoms. The molecule has 3 aromatic rings. The lowest BCUT2D eigenvalue weighted by molar-refractivity contribution is 0.482. The molecule has 0 aliphatic rings. The summed E-state index contributed by atoms with van der Waals surface area (Å²) in [6, 6.07) is 21.4. The van der Waals surface area contributed by atoms with Crippen LogP contribution in [0.5, 0.6) is 11.5 Å². The van der Waals surface area contributed by atoms with Crippen LogP contribution in [0.4, 0.5) is 0 Å². The summed E-state index contributed by atoms with van der Waals surface area (Å²) in [5.74, 6) is 1.50. The van der Waals surface area contributed by atoms with E-state index in [4.69, 9.17) is 10.00 Å². The van der Waals surface area contributed by atoms with Crippen LogP contribution in [0.3, 0.4) is 0 Å². The predicted octanol–water partition coefficient (Wildman–Crippen LogP) is 4.76. The Morgan fingerprint density at radius 3 is 1.77 bits per heavy atom. The van der Waals surface area contributed by atoms with Gasteiger partial charge in [0.2, 0.25) is 0 Å². The standard InChI is InChI=1S/C19H16N2O/c1-14-3-4-15(2)21(14)17-7-11-19(12-8-17)22-18-9-5-16(13-20)6-10-18/h3-12H,1-2H3. The fourth-order valence-corrected chi connectivity index (χ4v) is 2.47. The highest BCUT2D eigenvalue weighted by Gasteiger charge is 2.04. The van der Waals surface area contributed by atoms with E-state index in [0.29, 0.717) is 5.56 Å². The molecule has 3 rings (SSSR count). The first-order valence-corrected chi connectivity index (χ1v) is 7.11. The number of ether oxygens (including phenoxy) is 1. The minimum absolute atomic E-state index is 0.626. The highest BCUT2D eigenvalue weighted by atomic mass is 16.5. The summed E-state index contributed by atoms with van der Waals surface area (Å²) in [5.41, 5.74) is 4.16. The van der Waals surface area contributed by atoms with E-state index in [-0.39, 0.29) is 0 Å². The Balaban J connectivity index is 1.81. The topological polar surface area (TPSA) is 38.0 Å². The lowest BCUT2D eigenvalue weighted by Gasteiger charge is -2.11. The maximum Gasteiger partial charge on any atom is 0.127 e. The van der Waals surface area contributed by atoms with Crippen molar-refractivity contribution in [3.8, 4) is 23.3 Å². The molecule has 3 nitrogen and oxygen atoms in total. The van der Waals surface area contributed by atoms with E-state index in [1.54, 1.807) is 24.3 Å². The second-order valence-electron chi connectivity index (χ2n) is 5.18. The van der Waals surface area contributed by atoms with E-state index in [1.165, 1.54) is 11.4 Å². The van der Waals surface area contributed by atoms with Crippen LogP contribution in [0, 0.1) is 25.2 Å². The molecule has 0 spiro atoms. The fraction of sp³-hybridized carbons (Fsp3) is 0.105. The third kappa shape index (κ3) is 2.72.